The van der Waals surface area contributed by atoms with Gasteiger partial charge in [0.25, 0.3) is 0 Å². The number of rotatable bonds is 12. The molecule has 0 aliphatic rings. The van der Waals surface area contributed by atoms with Crippen LogP contribution >= 0.6 is 0 Å². The lowest BCUT2D eigenvalue weighted by Gasteiger charge is -2.11. The third kappa shape index (κ3) is 8.82. The topological polar surface area (TPSA) is 219 Å². The Kier molecular flexibility index (Phi) is 10.7. The van der Waals surface area contributed by atoms with Gasteiger partial charge in [-0.15, -0.1) is 59.9 Å². The summed E-state index contributed by atoms with van der Waals surface area (Å²) in [5.41, 5.74) is 10.8. The zero-order valence-electron chi connectivity index (χ0n) is 39.0. The van der Waals surface area contributed by atoms with Crippen LogP contribution in [0.15, 0.2) is 200 Å². The first-order chi connectivity index (χ1) is 36.8. The quantitative estimate of drug-likeness (QED) is 0.104. The van der Waals surface area contributed by atoms with Crippen LogP contribution in [0.1, 0.15) is 0 Å². The molecule has 13 rings (SSSR count). The van der Waals surface area contributed by atoms with Gasteiger partial charge in [0.05, 0.1) is 0 Å². The van der Waals surface area contributed by atoms with Gasteiger partial charge >= 0.3 is 18.0 Å². The highest BCUT2D eigenvalue weighted by molar-refractivity contribution is 5.83. The van der Waals surface area contributed by atoms with Crippen molar-refractivity contribution in [2.24, 2.45) is 0 Å². The molecule has 4 heterocycles. The lowest BCUT2D eigenvalue weighted by Crippen LogP contribution is -2.03. The first-order valence-electron chi connectivity index (χ1n) is 23.4. The minimum absolute atomic E-state index is 0.136. The number of hydrogen-bond donors (Lipinski definition) is 3. The summed E-state index contributed by atoms with van der Waals surface area (Å²) >= 11 is 0. The smallest absolute Gasteiger partial charge is 0.331 e. The summed E-state index contributed by atoms with van der Waals surface area (Å²) in [5, 5.41) is 61.5. The number of aromatic nitrogens is 12. The van der Waals surface area contributed by atoms with Crippen LogP contribution in [0.2, 0.25) is 0 Å². The Balaban J connectivity index is 0.790. The molecule has 360 valence electrons. The van der Waals surface area contributed by atoms with E-state index in [4.69, 9.17) is 14.2 Å². The number of ether oxygens (including phenoxy) is 3. The second kappa shape index (κ2) is 18.3. The Bertz CT molecular complexity index is 3840. The van der Waals surface area contributed by atoms with Gasteiger partial charge in [0.2, 0.25) is 0 Å². The summed E-state index contributed by atoms with van der Waals surface area (Å²) in [6, 6.07) is 59.9. The molecule has 75 heavy (non-hydrogen) atoms. The van der Waals surface area contributed by atoms with Gasteiger partial charge < -0.3 is 29.5 Å². The molecule has 0 saturated carbocycles. The van der Waals surface area contributed by atoms with E-state index < -0.39 is 0 Å². The van der Waals surface area contributed by atoms with Gasteiger partial charge in [-0.05, 0) is 106 Å². The molecule has 0 fully saturated rings. The highest BCUT2D eigenvalue weighted by Crippen LogP contribution is 2.36. The molecule has 0 atom stereocenters. The van der Waals surface area contributed by atoms with Gasteiger partial charge in [-0.1, -0.05) is 109 Å². The van der Waals surface area contributed by atoms with E-state index in [-0.39, 0.29) is 52.5 Å². The van der Waals surface area contributed by atoms with Gasteiger partial charge in [0.15, 0.2) is 0 Å². The van der Waals surface area contributed by atoms with Gasteiger partial charge in [0, 0.05) is 18.2 Å². The van der Waals surface area contributed by atoms with Crippen LogP contribution in [0.3, 0.4) is 0 Å². The molecule has 0 bridgehead atoms. The molecule has 9 aromatic carbocycles. The Hall–Kier alpha value is -11.0. The van der Waals surface area contributed by atoms with Gasteiger partial charge in [-0.25, -0.2) is 0 Å². The Morgan fingerprint density at radius 3 is 0.827 bits per heavy atom. The zero-order valence-corrected chi connectivity index (χ0v) is 39.0. The average Bonchev–Trinajstić information content (AvgIpc) is 4.18. The van der Waals surface area contributed by atoms with Crippen LogP contribution in [0, 0.1) is 0 Å². The van der Waals surface area contributed by atoms with Crippen LogP contribution in [0.5, 0.6) is 52.5 Å². The fraction of sp³-hybridized carbons (Fsp3) is 0. The minimum Gasteiger partial charge on any atom is -0.505 e. The predicted molar refractivity (Wildman–Crippen MR) is 278 cm³/mol. The maximum Gasteiger partial charge on any atom is 0.331 e. The summed E-state index contributed by atoms with van der Waals surface area (Å²) < 4.78 is 18.3. The van der Waals surface area contributed by atoms with E-state index in [1.54, 1.807) is 36.4 Å². The first-order valence-corrected chi connectivity index (χ1v) is 23.4. The summed E-state index contributed by atoms with van der Waals surface area (Å²) in [6.45, 7) is 0. The van der Waals surface area contributed by atoms with Crippen LogP contribution < -0.4 is 14.2 Å². The number of aromatic hydroxyl groups is 3. The largest absolute Gasteiger partial charge is 0.505 e. The van der Waals surface area contributed by atoms with Crippen molar-refractivity contribution < 1.29 is 29.5 Å². The third-order valence-corrected chi connectivity index (χ3v) is 12.2. The van der Waals surface area contributed by atoms with Crippen molar-refractivity contribution in [3.05, 3.63) is 200 Å². The van der Waals surface area contributed by atoms with E-state index in [2.05, 4.69) is 45.5 Å². The number of phenols is 3. The normalized spacial score (nSPS) is 11.4. The van der Waals surface area contributed by atoms with Crippen LogP contribution in [0.25, 0.3) is 83.5 Å². The van der Waals surface area contributed by atoms with Crippen molar-refractivity contribution in [2.45, 2.75) is 0 Å². The number of benzene rings is 9. The van der Waals surface area contributed by atoms with Crippen LogP contribution in [-0.2, 0) is 0 Å². The average molecular weight is 985 g/mol. The van der Waals surface area contributed by atoms with Crippen molar-refractivity contribution in [3.8, 4) is 103 Å². The molecular weight excluding hydrogens is 949 g/mol. The second-order valence-corrected chi connectivity index (χ2v) is 17.1. The molecule has 0 unspecified atom stereocenters. The van der Waals surface area contributed by atoms with E-state index in [1.807, 2.05) is 146 Å². The molecule has 13 aromatic rings. The third-order valence-electron chi connectivity index (χ3n) is 12.2. The van der Waals surface area contributed by atoms with Crippen molar-refractivity contribution in [2.75, 3.05) is 0 Å². The maximum absolute atomic E-state index is 11.3. The molecule has 18 nitrogen and oxygen atoms in total. The first kappa shape index (κ1) is 44.0. The van der Waals surface area contributed by atoms with Crippen LogP contribution in [-0.4, -0.2) is 75.3 Å². The summed E-state index contributed by atoms with van der Waals surface area (Å²) in [7, 11) is 0. The molecule has 0 radical (unpaired) electrons. The minimum atomic E-state index is -0.287. The fourth-order valence-electron chi connectivity index (χ4n) is 8.48. The molecule has 0 amide bonds. The summed E-state index contributed by atoms with van der Waals surface area (Å²) in [5.74, 6) is -0.186. The number of phenolic OH excluding ortho intramolecular Hbond substituents is 3. The van der Waals surface area contributed by atoms with Crippen molar-refractivity contribution in [3.63, 3.8) is 0 Å². The molecule has 0 aliphatic heterocycles. The Morgan fingerprint density at radius 2 is 0.547 bits per heavy atom. The predicted octanol–water partition coefficient (Wildman–Crippen LogP) is 11.6. The van der Waals surface area contributed by atoms with Crippen LogP contribution in [0.4, 0.5) is 0 Å². The summed E-state index contributed by atoms with van der Waals surface area (Å²) in [4.78, 5) is 17.2. The molecule has 0 aliphatic carbocycles. The molecule has 0 spiro atoms. The highest BCUT2D eigenvalue weighted by Gasteiger charge is 2.19. The van der Waals surface area contributed by atoms with E-state index in [0.717, 1.165) is 33.4 Å². The van der Waals surface area contributed by atoms with Gasteiger partial charge in [-0.3, -0.25) is 0 Å². The Labute approximate surface area is 424 Å². The molecule has 18 heteroatoms. The van der Waals surface area contributed by atoms with Gasteiger partial charge in [-0.2, -0.15) is 0 Å². The van der Waals surface area contributed by atoms with E-state index in [1.165, 1.54) is 32.6 Å². The SMILES string of the molecule is Oc1cc(Oc2nc(Oc3ccc(-n4nc5ccc(-c6ccccc6)cc5n4)c(O)c3)nc(Oc3ccc(-n4nc5ccc(-c6ccccc6)cc5n4)c(O)c3)n2)ccc1-n1nc2ccc(-c3ccccc3)cc2n1. The second-order valence-electron chi connectivity index (χ2n) is 17.1. The standard InChI is InChI=1S/C57H36N12O6/c70-52-31-40(19-25-49(52)67-61-43-22-16-37(28-46(43)64-67)34-10-4-1-5-11-34)73-55-58-56(74-41-20-26-50(53(71)32-41)68-62-44-23-17-38(29-47(44)65-68)35-12-6-2-7-13-35)60-57(59-55)75-42-21-27-51(54(72)33-42)69-63-45-24-18-39(30-48(45)66-69)36-14-8-3-9-15-36/h1-33,70-72H. The van der Waals surface area contributed by atoms with Crippen molar-refractivity contribution in [1.82, 2.24) is 59.9 Å². The molecule has 3 N–H and O–H groups in total. The van der Waals surface area contributed by atoms with E-state index >= 15 is 0 Å². The Morgan fingerprint density at radius 1 is 0.267 bits per heavy atom. The lowest BCUT2D eigenvalue weighted by molar-refractivity contribution is 0.359. The highest BCUT2D eigenvalue weighted by atomic mass is 16.5. The van der Waals surface area contributed by atoms with Gasteiger partial charge in [0.1, 0.15) is 84.7 Å². The summed E-state index contributed by atoms with van der Waals surface area (Å²) in [6.07, 6.45) is 0. The molecule has 4 aromatic heterocycles. The van der Waals surface area contributed by atoms with Crippen molar-refractivity contribution in [1.29, 1.82) is 0 Å². The van der Waals surface area contributed by atoms with Crippen molar-refractivity contribution >= 4 is 33.1 Å². The number of fused-ring (bicyclic) bond motifs is 3. The van der Waals surface area contributed by atoms with E-state index in [0.29, 0.717) is 50.2 Å². The fourth-order valence-corrected chi connectivity index (χ4v) is 8.48. The number of nitrogens with zero attached hydrogens (tertiary/aromatic N) is 12. The monoisotopic (exact) mass is 984 g/mol. The maximum atomic E-state index is 11.3. The zero-order chi connectivity index (χ0) is 50.4. The molecular formula is C57H36N12O6. The lowest BCUT2D eigenvalue weighted by atomic mass is 10.1. The van der Waals surface area contributed by atoms with E-state index in [9.17, 15) is 15.3 Å². The number of hydrogen-bond acceptors (Lipinski definition) is 15. The molecule has 0 saturated heterocycles.